The van der Waals surface area contributed by atoms with Crippen LogP contribution in [0, 0.1) is 5.92 Å². The molecular weight excluding hydrogens is 272 g/mol. The molecule has 0 bridgehead atoms. The molecule has 6 nitrogen and oxygen atoms in total. The lowest BCUT2D eigenvalue weighted by Gasteiger charge is -2.32. The molecule has 0 saturated carbocycles. The Hall–Kier alpha value is -2.24. The van der Waals surface area contributed by atoms with Crippen LogP contribution in [0.4, 0.5) is 0 Å². The molecule has 0 radical (unpaired) electrons. The number of hydrogen-bond donors (Lipinski definition) is 1. The number of piperidine rings is 1. The summed E-state index contributed by atoms with van der Waals surface area (Å²) in [6.45, 7) is 4.00. The van der Waals surface area contributed by atoms with Crippen molar-refractivity contribution in [3.8, 4) is 11.5 Å². The largest absolute Gasteiger partial charge is 0.486 e. The second kappa shape index (κ2) is 5.63. The molecule has 2 heterocycles. The maximum Gasteiger partial charge on any atom is 0.257 e. The van der Waals surface area contributed by atoms with Gasteiger partial charge in [0, 0.05) is 25.4 Å². The molecule has 1 N–H and O–H groups in total. The summed E-state index contributed by atoms with van der Waals surface area (Å²) < 4.78 is 11.1. The zero-order valence-corrected chi connectivity index (χ0v) is 11.9. The molecule has 1 fully saturated rings. The summed E-state index contributed by atoms with van der Waals surface area (Å²) >= 11 is 0. The lowest BCUT2D eigenvalue weighted by atomic mass is 9.97. The van der Waals surface area contributed by atoms with Crippen LogP contribution in [0.5, 0.6) is 11.5 Å². The third-order valence-electron chi connectivity index (χ3n) is 3.91. The Balaban J connectivity index is 1.83. The molecule has 21 heavy (non-hydrogen) atoms. The van der Waals surface area contributed by atoms with Crippen LogP contribution in [0.15, 0.2) is 23.4 Å². The molecule has 0 aliphatic carbocycles. The number of ether oxygens (including phenoxy) is 2. The molecule has 1 unspecified atom stereocenters. The molecule has 1 aromatic rings. The first-order valence-corrected chi connectivity index (χ1v) is 7.09. The van der Waals surface area contributed by atoms with E-state index in [1.165, 1.54) is 0 Å². The quantitative estimate of drug-likeness (QED) is 0.632. The highest BCUT2D eigenvalue weighted by molar-refractivity contribution is 5.99. The molecule has 0 spiro atoms. The van der Waals surface area contributed by atoms with E-state index in [0.29, 0.717) is 49.8 Å². The van der Waals surface area contributed by atoms with Crippen LogP contribution < -0.4 is 9.47 Å². The SMILES string of the molecule is CC1CN(C(=O)c2cccc3c2OCCO3)CC/C1=N\O. The molecule has 1 amide bonds. The number of nitrogens with zero attached hydrogens (tertiary/aromatic N) is 2. The van der Waals surface area contributed by atoms with Gasteiger partial charge < -0.3 is 19.6 Å². The van der Waals surface area contributed by atoms with E-state index < -0.39 is 0 Å². The Morgan fingerprint density at radius 2 is 2.19 bits per heavy atom. The van der Waals surface area contributed by atoms with Crippen LogP contribution in [0.25, 0.3) is 0 Å². The lowest BCUT2D eigenvalue weighted by molar-refractivity contribution is 0.0723. The summed E-state index contributed by atoms with van der Waals surface area (Å²) in [5.74, 6) is 1.14. The van der Waals surface area contributed by atoms with Crippen molar-refractivity contribution < 1.29 is 19.5 Å². The molecule has 1 aromatic carbocycles. The van der Waals surface area contributed by atoms with Gasteiger partial charge in [0.15, 0.2) is 11.5 Å². The molecule has 6 heteroatoms. The topological polar surface area (TPSA) is 71.4 Å². The predicted octanol–water partition coefficient (Wildman–Crippen LogP) is 1.77. The van der Waals surface area contributed by atoms with Crippen LogP contribution >= 0.6 is 0 Å². The third-order valence-corrected chi connectivity index (χ3v) is 3.91. The van der Waals surface area contributed by atoms with Crippen LogP contribution in [-0.4, -0.2) is 48.0 Å². The summed E-state index contributed by atoms with van der Waals surface area (Å²) in [4.78, 5) is 14.5. The number of oxime groups is 1. The van der Waals surface area contributed by atoms with Crippen molar-refractivity contribution in [2.45, 2.75) is 13.3 Å². The number of hydrogen-bond acceptors (Lipinski definition) is 5. The summed E-state index contributed by atoms with van der Waals surface area (Å²) in [7, 11) is 0. The van der Waals surface area contributed by atoms with Gasteiger partial charge in [-0.1, -0.05) is 18.1 Å². The minimum Gasteiger partial charge on any atom is -0.486 e. The van der Waals surface area contributed by atoms with Gasteiger partial charge in [-0.05, 0) is 12.1 Å². The van der Waals surface area contributed by atoms with Gasteiger partial charge >= 0.3 is 0 Å². The first kappa shape index (κ1) is 13.7. The van der Waals surface area contributed by atoms with E-state index in [4.69, 9.17) is 14.7 Å². The highest BCUT2D eigenvalue weighted by Crippen LogP contribution is 2.34. The Morgan fingerprint density at radius 1 is 1.38 bits per heavy atom. The number of likely N-dealkylation sites (tertiary alicyclic amines) is 1. The van der Waals surface area contributed by atoms with Crippen molar-refractivity contribution in [3.63, 3.8) is 0 Å². The number of rotatable bonds is 1. The van der Waals surface area contributed by atoms with Gasteiger partial charge in [-0.25, -0.2) is 0 Å². The van der Waals surface area contributed by atoms with Gasteiger partial charge in [-0.15, -0.1) is 0 Å². The van der Waals surface area contributed by atoms with E-state index in [2.05, 4.69) is 5.16 Å². The fraction of sp³-hybridized carbons (Fsp3) is 0.467. The van der Waals surface area contributed by atoms with Gasteiger partial charge in [0.25, 0.3) is 5.91 Å². The summed E-state index contributed by atoms with van der Waals surface area (Å²) in [5, 5.41) is 12.2. The Morgan fingerprint density at radius 3 is 2.95 bits per heavy atom. The summed E-state index contributed by atoms with van der Waals surface area (Å²) in [6.07, 6.45) is 0.593. The molecule has 2 aliphatic rings. The second-order valence-electron chi connectivity index (χ2n) is 5.32. The minimum atomic E-state index is -0.0683. The molecular formula is C15H18N2O4. The highest BCUT2D eigenvalue weighted by atomic mass is 16.6. The zero-order chi connectivity index (χ0) is 14.8. The van der Waals surface area contributed by atoms with Crippen molar-refractivity contribution in [2.75, 3.05) is 26.3 Å². The van der Waals surface area contributed by atoms with E-state index in [1.54, 1.807) is 23.1 Å². The molecule has 3 rings (SSSR count). The average Bonchev–Trinajstić information content (AvgIpc) is 2.53. The van der Waals surface area contributed by atoms with Gasteiger partial charge in [0.05, 0.1) is 11.3 Å². The van der Waals surface area contributed by atoms with Crippen molar-refractivity contribution >= 4 is 11.6 Å². The van der Waals surface area contributed by atoms with Gasteiger partial charge in [0.2, 0.25) is 0 Å². The third kappa shape index (κ3) is 2.53. The smallest absolute Gasteiger partial charge is 0.257 e. The number of benzene rings is 1. The minimum absolute atomic E-state index is 0.0596. The van der Waals surface area contributed by atoms with Crippen LogP contribution in [-0.2, 0) is 0 Å². The number of fused-ring (bicyclic) bond motifs is 1. The number of amides is 1. The van der Waals surface area contributed by atoms with Gasteiger partial charge in [0.1, 0.15) is 13.2 Å². The molecule has 112 valence electrons. The van der Waals surface area contributed by atoms with Crippen LogP contribution in [0.1, 0.15) is 23.7 Å². The molecule has 0 aromatic heterocycles. The average molecular weight is 290 g/mol. The monoisotopic (exact) mass is 290 g/mol. The Kier molecular flexibility index (Phi) is 3.68. The van der Waals surface area contributed by atoms with Crippen LogP contribution in [0.2, 0.25) is 0 Å². The van der Waals surface area contributed by atoms with Crippen molar-refractivity contribution in [2.24, 2.45) is 11.1 Å². The number of carbonyl (C=O) groups is 1. The number of carbonyl (C=O) groups excluding carboxylic acids is 1. The Bertz CT molecular complexity index is 585. The van der Waals surface area contributed by atoms with E-state index in [0.717, 1.165) is 5.71 Å². The maximum absolute atomic E-state index is 12.7. The van der Waals surface area contributed by atoms with E-state index in [-0.39, 0.29) is 11.8 Å². The normalized spacial score (nSPS) is 23.2. The first-order valence-electron chi connectivity index (χ1n) is 7.09. The lowest BCUT2D eigenvalue weighted by Crippen LogP contribution is -2.43. The van der Waals surface area contributed by atoms with E-state index >= 15 is 0 Å². The van der Waals surface area contributed by atoms with Gasteiger partial charge in [-0.3, -0.25) is 4.79 Å². The van der Waals surface area contributed by atoms with Crippen molar-refractivity contribution in [1.82, 2.24) is 4.90 Å². The zero-order valence-electron chi connectivity index (χ0n) is 11.9. The van der Waals surface area contributed by atoms with E-state index in [9.17, 15) is 4.79 Å². The summed E-state index contributed by atoms with van der Waals surface area (Å²) in [5.41, 5.74) is 1.28. The fourth-order valence-corrected chi connectivity index (χ4v) is 2.77. The van der Waals surface area contributed by atoms with Crippen molar-refractivity contribution in [1.29, 1.82) is 0 Å². The second-order valence-corrected chi connectivity index (χ2v) is 5.32. The Labute approximate surface area is 122 Å². The maximum atomic E-state index is 12.7. The molecule has 1 atom stereocenters. The molecule has 1 saturated heterocycles. The predicted molar refractivity (Wildman–Crippen MR) is 76.3 cm³/mol. The first-order chi connectivity index (χ1) is 10.2. The standard InChI is InChI=1S/C15H18N2O4/c1-10-9-17(6-5-12(10)16-19)15(18)11-3-2-4-13-14(11)21-8-7-20-13/h2-4,10,19H,5-9H2,1H3/b16-12+. The highest BCUT2D eigenvalue weighted by Gasteiger charge is 2.29. The summed E-state index contributed by atoms with van der Waals surface area (Å²) in [6, 6.07) is 5.37. The molecule has 2 aliphatic heterocycles. The van der Waals surface area contributed by atoms with Crippen LogP contribution in [0.3, 0.4) is 0 Å². The fourth-order valence-electron chi connectivity index (χ4n) is 2.77. The van der Waals surface area contributed by atoms with E-state index in [1.807, 2.05) is 6.92 Å². The number of para-hydroxylation sites is 1. The van der Waals surface area contributed by atoms with Crippen molar-refractivity contribution in [3.05, 3.63) is 23.8 Å². The van der Waals surface area contributed by atoms with Gasteiger partial charge in [-0.2, -0.15) is 0 Å².